The van der Waals surface area contributed by atoms with Gasteiger partial charge in [0.15, 0.2) is 0 Å². The molecule has 0 N–H and O–H groups in total. The van der Waals surface area contributed by atoms with Gasteiger partial charge in [0.1, 0.15) is 0 Å². The minimum atomic E-state index is 0.958. The van der Waals surface area contributed by atoms with Crippen molar-refractivity contribution in [3.63, 3.8) is 0 Å². The Bertz CT molecular complexity index is 151. The molecule has 0 radical (unpaired) electrons. The SMILES string of the molecule is C1=C2CCCC[C@@H]2CSS1. The first kappa shape index (κ1) is 7.11. The van der Waals surface area contributed by atoms with E-state index in [1.165, 1.54) is 31.4 Å². The Kier molecular flexibility index (Phi) is 2.29. The van der Waals surface area contributed by atoms with E-state index in [-0.39, 0.29) is 0 Å². The summed E-state index contributed by atoms with van der Waals surface area (Å²) in [6, 6.07) is 0. The molecule has 0 bridgehead atoms. The highest BCUT2D eigenvalue weighted by Crippen LogP contribution is 2.41. The van der Waals surface area contributed by atoms with Gasteiger partial charge >= 0.3 is 0 Å². The van der Waals surface area contributed by atoms with Gasteiger partial charge in [0, 0.05) is 5.75 Å². The zero-order chi connectivity index (χ0) is 6.81. The standard InChI is InChI=1S/C8H12S2/c1-2-4-8-6-10-9-5-7(8)3-1/h5,8H,1-4,6H2/t8-/m1/s1. The Morgan fingerprint density at radius 3 is 3.30 bits per heavy atom. The van der Waals surface area contributed by atoms with E-state index in [0.717, 1.165) is 5.92 Å². The van der Waals surface area contributed by atoms with Crippen LogP contribution in [0.3, 0.4) is 0 Å². The highest BCUT2D eigenvalue weighted by Gasteiger charge is 2.21. The summed E-state index contributed by atoms with van der Waals surface area (Å²) in [4.78, 5) is 0. The maximum atomic E-state index is 2.39. The minimum absolute atomic E-state index is 0.958. The van der Waals surface area contributed by atoms with Crippen LogP contribution in [0.2, 0.25) is 0 Å². The fraction of sp³-hybridized carbons (Fsp3) is 0.750. The second kappa shape index (κ2) is 3.22. The third-order valence-electron chi connectivity index (χ3n) is 2.33. The van der Waals surface area contributed by atoms with Crippen LogP contribution in [0.4, 0.5) is 0 Å². The quantitative estimate of drug-likeness (QED) is 0.513. The van der Waals surface area contributed by atoms with Gasteiger partial charge in [0.25, 0.3) is 0 Å². The molecule has 0 aromatic heterocycles. The number of rotatable bonds is 0. The Morgan fingerprint density at radius 2 is 2.40 bits per heavy atom. The van der Waals surface area contributed by atoms with Crippen LogP contribution in [0, 0.1) is 5.92 Å². The highest BCUT2D eigenvalue weighted by molar-refractivity contribution is 8.77. The Labute approximate surface area is 70.2 Å². The van der Waals surface area contributed by atoms with Crippen LogP contribution in [0.15, 0.2) is 11.0 Å². The third kappa shape index (κ3) is 1.37. The molecule has 2 heteroatoms. The smallest absolute Gasteiger partial charge is 0.0106 e. The summed E-state index contributed by atoms with van der Waals surface area (Å²) in [5.41, 5.74) is 1.75. The van der Waals surface area contributed by atoms with Crippen LogP contribution < -0.4 is 0 Å². The molecule has 0 aromatic rings. The van der Waals surface area contributed by atoms with Gasteiger partial charge < -0.3 is 0 Å². The number of hydrogen-bond donors (Lipinski definition) is 0. The molecule has 10 heavy (non-hydrogen) atoms. The lowest BCUT2D eigenvalue weighted by atomic mass is 9.86. The molecule has 56 valence electrons. The largest absolute Gasteiger partial charge is 0.0889 e. The molecule has 1 fully saturated rings. The Balaban J connectivity index is 2.08. The maximum absolute atomic E-state index is 2.39. The normalized spacial score (nSPS) is 32.8. The average Bonchev–Trinajstić information content (AvgIpc) is 2.05. The summed E-state index contributed by atoms with van der Waals surface area (Å²) < 4.78 is 0. The first-order valence-corrected chi connectivity index (χ1v) is 6.32. The average molecular weight is 172 g/mol. The molecule has 1 saturated carbocycles. The minimum Gasteiger partial charge on any atom is -0.0889 e. The molecule has 2 aliphatic rings. The summed E-state index contributed by atoms with van der Waals surface area (Å²) in [5.74, 6) is 2.33. The third-order valence-corrected chi connectivity index (χ3v) is 4.51. The van der Waals surface area contributed by atoms with E-state index < -0.39 is 0 Å². The van der Waals surface area contributed by atoms with Gasteiger partial charge in [0.05, 0.1) is 0 Å². The van der Waals surface area contributed by atoms with E-state index in [2.05, 4.69) is 5.41 Å². The van der Waals surface area contributed by atoms with E-state index in [1.54, 1.807) is 5.57 Å². The molecule has 0 unspecified atom stereocenters. The van der Waals surface area contributed by atoms with Crippen molar-refractivity contribution in [1.29, 1.82) is 0 Å². The van der Waals surface area contributed by atoms with E-state index in [1.807, 2.05) is 21.6 Å². The van der Waals surface area contributed by atoms with Crippen molar-refractivity contribution in [2.24, 2.45) is 5.92 Å². The molecule has 0 amide bonds. The van der Waals surface area contributed by atoms with Crippen molar-refractivity contribution in [3.8, 4) is 0 Å². The van der Waals surface area contributed by atoms with Crippen LogP contribution in [-0.2, 0) is 0 Å². The lowest BCUT2D eigenvalue weighted by Crippen LogP contribution is -2.13. The highest BCUT2D eigenvalue weighted by atomic mass is 33.1. The van der Waals surface area contributed by atoms with Crippen molar-refractivity contribution in [1.82, 2.24) is 0 Å². The van der Waals surface area contributed by atoms with Crippen LogP contribution in [0.1, 0.15) is 25.7 Å². The first-order valence-electron chi connectivity index (χ1n) is 3.94. The van der Waals surface area contributed by atoms with Crippen molar-refractivity contribution in [2.45, 2.75) is 25.7 Å². The van der Waals surface area contributed by atoms with Gasteiger partial charge in [0.2, 0.25) is 0 Å². The van der Waals surface area contributed by atoms with E-state index >= 15 is 0 Å². The van der Waals surface area contributed by atoms with Gasteiger partial charge in [-0.15, -0.1) is 0 Å². The van der Waals surface area contributed by atoms with Crippen molar-refractivity contribution < 1.29 is 0 Å². The maximum Gasteiger partial charge on any atom is 0.0106 e. The van der Waals surface area contributed by atoms with Crippen LogP contribution in [0.5, 0.6) is 0 Å². The molecule has 0 nitrogen and oxygen atoms in total. The molecule has 0 saturated heterocycles. The van der Waals surface area contributed by atoms with E-state index in [9.17, 15) is 0 Å². The zero-order valence-corrected chi connectivity index (χ0v) is 7.64. The molecule has 0 spiro atoms. The summed E-state index contributed by atoms with van der Waals surface area (Å²) in [5, 5.41) is 2.39. The van der Waals surface area contributed by atoms with Crippen LogP contribution in [0.25, 0.3) is 0 Å². The van der Waals surface area contributed by atoms with Gasteiger partial charge in [-0.1, -0.05) is 33.6 Å². The van der Waals surface area contributed by atoms with E-state index in [4.69, 9.17) is 0 Å². The molecule has 1 atom stereocenters. The first-order chi connectivity index (χ1) is 4.97. The van der Waals surface area contributed by atoms with E-state index in [0.29, 0.717) is 0 Å². The second-order valence-electron chi connectivity index (χ2n) is 3.02. The molecule has 1 aliphatic heterocycles. The fourth-order valence-electron chi connectivity index (χ4n) is 1.67. The zero-order valence-electron chi connectivity index (χ0n) is 6.01. The molecule has 1 aliphatic carbocycles. The summed E-state index contributed by atoms with van der Waals surface area (Å²) >= 11 is 0. The van der Waals surface area contributed by atoms with Crippen LogP contribution in [-0.4, -0.2) is 5.75 Å². The number of fused-ring (bicyclic) bond motifs is 1. The molecule has 1 heterocycles. The van der Waals surface area contributed by atoms with Crippen molar-refractivity contribution >= 4 is 21.6 Å². The van der Waals surface area contributed by atoms with Gasteiger partial charge in [-0.3, -0.25) is 0 Å². The fourth-order valence-corrected chi connectivity index (χ4v) is 4.10. The summed E-state index contributed by atoms with van der Waals surface area (Å²) in [7, 11) is 3.96. The Morgan fingerprint density at radius 1 is 1.40 bits per heavy atom. The molecule has 2 rings (SSSR count). The second-order valence-corrected chi connectivity index (χ2v) is 5.30. The molecular weight excluding hydrogens is 160 g/mol. The Hall–Kier alpha value is 0.440. The van der Waals surface area contributed by atoms with Gasteiger partial charge in [-0.05, 0) is 30.6 Å². The van der Waals surface area contributed by atoms with Crippen molar-refractivity contribution in [2.75, 3.05) is 5.75 Å². The topological polar surface area (TPSA) is 0 Å². The lowest BCUT2D eigenvalue weighted by molar-refractivity contribution is 0.491. The van der Waals surface area contributed by atoms with Gasteiger partial charge in [-0.2, -0.15) is 0 Å². The van der Waals surface area contributed by atoms with Crippen LogP contribution >= 0.6 is 21.6 Å². The molecular formula is C8H12S2. The molecule has 0 aromatic carbocycles. The monoisotopic (exact) mass is 172 g/mol. The number of hydrogen-bond acceptors (Lipinski definition) is 2. The predicted octanol–water partition coefficient (Wildman–Crippen LogP) is 3.46. The lowest BCUT2D eigenvalue weighted by Gasteiger charge is -2.27. The summed E-state index contributed by atoms with van der Waals surface area (Å²) in [6.07, 6.45) is 5.75. The van der Waals surface area contributed by atoms with Crippen molar-refractivity contribution in [3.05, 3.63) is 11.0 Å². The number of allylic oxidation sites excluding steroid dienone is 1. The van der Waals surface area contributed by atoms with Gasteiger partial charge in [-0.25, -0.2) is 0 Å². The summed E-state index contributed by atoms with van der Waals surface area (Å²) in [6.45, 7) is 0. The predicted molar refractivity (Wildman–Crippen MR) is 50.1 cm³/mol.